The SMILES string of the molecule is CC(Nc1cccc2nc(Nc3cccc4c3OC(C)(C)C4)ccc12)c1cc(F)cc(F)c1. The van der Waals surface area contributed by atoms with Crippen molar-refractivity contribution in [2.75, 3.05) is 10.6 Å². The third-order valence-electron chi connectivity index (χ3n) is 5.84. The lowest BCUT2D eigenvalue weighted by Gasteiger charge is -2.19. The van der Waals surface area contributed by atoms with E-state index in [1.807, 2.05) is 49.4 Å². The molecule has 0 bridgehead atoms. The Balaban J connectivity index is 1.41. The van der Waals surface area contributed by atoms with Gasteiger partial charge in [0.25, 0.3) is 0 Å². The molecule has 3 aromatic carbocycles. The van der Waals surface area contributed by atoms with Crippen molar-refractivity contribution in [1.29, 1.82) is 0 Å². The Morgan fingerprint density at radius 3 is 2.45 bits per heavy atom. The average Bonchev–Trinajstić information content (AvgIpc) is 3.08. The van der Waals surface area contributed by atoms with E-state index in [0.717, 1.165) is 40.5 Å². The summed E-state index contributed by atoms with van der Waals surface area (Å²) in [6.07, 6.45) is 0.866. The van der Waals surface area contributed by atoms with Gasteiger partial charge in [0.2, 0.25) is 0 Å². The van der Waals surface area contributed by atoms with E-state index >= 15 is 0 Å². The topological polar surface area (TPSA) is 46.2 Å². The molecule has 2 heterocycles. The number of nitrogens with zero attached hydrogens (tertiary/aromatic N) is 1. The standard InChI is InChI=1S/C27H25F2N3O/c1-16(18-12-19(28)14-20(29)13-18)30-22-7-5-8-23-21(22)10-11-25(31-23)32-24-9-4-6-17-15-27(2,3)33-26(17)24/h4-14,16,30H,15H2,1-3H3,(H,31,32). The first-order valence-corrected chi connectivity index (χ1v) is 11.0. The van der Waals surface area contributed by atoms with Crippen LogP contribution in [-0.2, 0) is 6.42 Å². The number of rotatable bonds is 5. The summed E-state index contributed by atoms with van der Waals surface area (Å²) in [5.41, 5.74) is 4.03. The monoisotopic (exact) mass is 445 g/mol. The Labute approximate surface area is 191 Å². The van der Waals surface area contributed by atoms with E-state index in [2.05, 4.69) is 30.5 Å². The van der Waals surface area contributed by atoms with Gasteiger partial charge in [-0.2, -0.15) is 0 Å². The van der Waals surface area contributed by atoms with Crippen LogP contribution in [0.3, 0.4) is 0 Å². The summed E-state index contributed by atoms with van der Waals surface area (Å²) in [5.74, 6) is 0.403. The van der Waals surface area contributed by atoms with Crippen LogP contribution in [0.1, 0.15) is 37.9 Å². The van der Waals surface area contributed by atoms with Gasteiger partial charge in [-0.1, -0.05) is 18.2 Å². The number of hydrogen-bond acceptors (Lipinski definition) is 4. The van der Waals surface area contributed by atoms with Crippen molar-refractivity contribution in [3.63, 3.8) is 0 Å². The van der Waals surface area contributed by atoms with Gasteiger partial charge in [0.05, 0.1) is 11.2 Å². The van der Waals surface area contributed by atoms with Crippen LogP contribution in [0, 0.1) is 11.6 Å². The fourth-order valence-electron chi connectivity index (χ4n) is 4.34. The van der Waals surface area contributed by atoms with Gasteiger partial charge in [0.15, 0.2) is 0 Å². The number of ether oxygens (including phenoxy) is 1. The Kier molecular flexibility index (Phi) is 5.16. The van der Waals surface area contributed by atoms with E-state index in [4.69, 9.17) is 9.72 Å². The van der Waals surface area contributed by atoms with Crippen molar-refractivity contribution in [3.05, 3.63) is 89.5 Å². The summed E-state index contributed by atoms with van der Waals surface area (Å²) in [4.78, 5) is 4.77. The predicted molar refractivity (Wildman–Crippen MR) is 128 cm³/mol. The van der Waals surface area contributed by atoms with Crippen molar-refractivity contribution in [2.45, 2.75) is 38.8 Å². The van der Waals surface area contributed by atoms with Crippen molar-refractivity contribution < 1.29 is 13.5 Å². The quantitative estimate of drug-likeness (QED) is 0.343. The predicted octanol–water partition coefficient (Wildman–Crippen LogP) is 7.14. The zero-order chi connectivity index (χ0) is 23.2. The van der Waals surface area contributed by atoms with Gasteiger partial charge in [-0.3, -0.25) is 0 Å². The van der Waals surface area contributed by atoms with Gasteiger partial charge in [-0.25, -0.2) is 13.8 Å². The molecule has 0 saturated heterocycles. The molecular weight excluding hydrogens is 420 g/mol. The largest absolute Gasteiger partial charge is 0.485 e. The number of para-hydroxylation sites is 1. The summed E-state index contributed by atoms with van der Waals surface area (Å²) < 4.78 is 33.4. The lowest BCUT2D eigenvalue weighted by Crippen LogP contribution is -2.24. The third kappa shape index (κ3) is 4.33. The van der Waals surface area contributed by atoms with E-state index in [1.165, 1.54) is 17.7 Å². The van der Waals surface area contributed by atoms with Gasteiger partial charge in [-0.05, 0) is 68.8 Å². The Hall–Kier alpha value is -3.67. The molecule has 168 valence electrons. The van der Waals surface area contributed by atoms with Crippen molar-refractivity contribution in [1.82, 2.24) is 4.98 Å². The molecule has 4 nitrogen and oxygen atoms in total. The van der Waals surface area contributed by atoms with Crippen molar-refractivity contribution in [2.24, 2.45) is 0 Å². The van der Waals surface area contributed by atoms with Gasteiger partial charge in [-0.15, -0.1) is 0 Å². The maximum absolute atomic E-state index is 13.6. The van der Waals surface area contributed by atoms with Crippen LogP contribution in [0.5, 0.6) is 5.75 Å². The first-order chi connectivity index (χ1) is 15.8. The summed E-state index contributed by atoms with van der Waals surface area (Å²) in [6, 6.07) is 19.1. The molecule has 0 aliphatic carbocycles. The highest BCUT2D eigenvalue weighted by molar-refractivity contribution is 5.92. The van der Waals surface area contributed by atoms with Crippen molar-refractivity contribution in [3.8, 4) is 5.75 Å². The molecule has 1 atom stereocenters. The number of anilines is 3. The number of pyridine rings is 1. The van der Waals surface area contributed by atoms with Crippen molar-refractivity contribution >= 4 is 28.1 Å². The summed E-state index contributed by atoms with van der Waals surface area (Å²) >= 11 is 0. The molecule has 33 heavy (non-hydrogen) atoms. The second kappa shape index (κ2) is 8.03. The summed E-state index contributed by atoms with van der Waals surface area (Å²) in [5, 5.41) is 7.67. The fourth-order valence-corrected chi connectivity index (χ4v) is 4.34. The van der Waals surface area contributed by atoms with Crippen LogP contribution in [0.4, 0.5) is 26.0 Å². The van der Waals surface area contributed by atoms with Gasteiger partial charge in [0.1, 0.15) is 28.8 Å². The Morgan fingerprint density at radius 1 is 0.939 bits per heavy atom. The molecule has 1 aromatic heterocycles. The number of nitrogens with one attached hydrogen (secondary N) is 2. The van der Waals surface area contributed by atoms with Crippen LogP contribution >= 0.6 is 0 Å². The molecular formula is C27H25F2N3O. The molecule has 4 aromatic rings. The molecule has 6 heteroatoms. The molecule has 0 saturated carbocycles. The molecule has 0 radical (unpaired) electrons. The molecule has 1 aliphatic rings. The molecule has 0 fully saturated rings. The minimum absolute atomic E-state index is 0.223. The maximum atomic E-state index is 13.6. The van der Waals surface area contributed by atoms with Crippen LogP contribution in [0.15, 0.2) is 66.7 Å². The highest BCUT2D eigenvalue weighted by Gasteiger charge is 2.31. The van der Waals surface area contributed by atoms with Gasteiger partial charge in [0, 0.05) is 35.2 Å². The van der Waals surface area contributed by atoms with E-state index < -0.39 is 11.6 Å². The average molecular weight is 446 g/mol. The normalized spacial score (nSPS) is 15.1. The fraction of sp³-hybridized carbons (Fsp3) is 0.222. The molecule has 0 amide bonds. The van der Waals surface area contributed by atoms with E-state index in [1.54, 1.807) is 0 Å². The maximum Gasteiger partial charge on any atom is 0.146 e. The highest BCUT2D eigenvalue weighted by Crippen LogP contribution is 2.41. The zero-order valence-electron chi connectivity index (χ0n) is 18.7. The smallest absolute Gasteiger partial charge is 0.146 e. The summed E-state index contributed by atoms with van der Waals surface area (Å²) in [6.45, 7) is 6.03. The number of halogens is 2. The second-order valence-electron chi connectivity index (χ2n) is 9.09. The van der Waals surface area contributed by atoms with Crippen LogP contribution in [0.2, 0.25) is 0 Å². The summed E-state index contributed by atoms with van der Waals surface area (Å²) in [7, 11) is 0. The molecule has 0 spiro atoms. The minimum atomic E-state index is -0.589. The third-order valence-corrected chi connectivity index (χ3v) is 5.84. The number of benzene rings is 3. The molecule has 5 rings (SSSR count). The van der Waals surface area contributed by atoms with Gasteiger partial charge < -0.3 is 15.4 Å². The first-order valence-electron chi connectivity index (χ1n) is 11.0. The number of fused-ring (bicyclic) bond motifs is 2. The first kappa shape index (κ1) is 21.2. The minimum Gasteiger partial charge on any atom is -0.485 e. The Morgan fingerprint density at radius 2 is 1.67 bits per heavy atom. The Bertz CT molecular complexity index is 1330. The van der Waals surface area contributed by atoms with E-state index in [0.29, 0.717) is 11.4 Å². The van der Waals surface area contributed by atoms with Crippen LogP contribution < -0.4 is 15.4 Å². The highest BCUT2D eigenvalue weighted by atomic mass is 19.1. The lowest BCUT2D eigenvalue weighted by molar-refractivity contribution is 0.139. The van der Waals surface area contributed by atoms with E-state index in [9.17, 15) is 8.78 Å². The lowest BCUT2D eigenvalue weighted by atomic mass is 10.0. The van der Waals surface area contributed by atoms with Crippen LogP contribution in [0.25, 0.3) is 10.9 Å². The van der Waals surface area contributed by atoms with E-state index in [-0.39, 0.29) is 11.6 Å². The number of hydrogen-bond donors (Lipinski definition) is 2. The molecule has 1 aliphatic heterocycles. The molecule has 1 unspecified atom stereocenters. The van der Waals surface area contributed by atoms with Gasteiger partial charge >= 0.3 is 0 Å². The number of aromatic nitrogens is 1. The zero-order valence-corrected chi connectivity index (χ0v) is 18.7. The van der Waals surface area contributed by atoms with Crippen LogP contribution in [-0.4, -0.2) is 10.6 Å². The molecule has 2 N–H and O–H groups in total. The second-order valence-corrected chi connectivity index (χ2v) is 9.09.